The second kappa shape index (κ2) is 17.8. The number of quaternary nitrogens is 1. The first-order chi connectivity index (χ1) is 15.1. The van der Waals surface area contributed by atoms with E-state index in [4.69, 9.17) is 14.2 Å². The molecule has 0 aliphatic rings. The Balaban J connectivity index is 4.54. The van der Waals surface area contributed by atoms with Gasteiger partial charge in [-0.1, -0.05) is 52.4 Å². The standard InChI is InChI=1S/C24H45NO7/c1-6-8-10-11-12-13-15-23(27)32-20(19-31-22(26)14-9-7-2)18-30-17-16-21(24(28)29)25(3,4)5/h20-21H,6-19H2,1-5H3/p+1. The van der Waals surface area contributed by atoms with Gasteiger partial charge in [0, 0.05) is 19.3 Å². The minimum absolute atomic E-state index is 0.0531. The van der Waals surface area contributed by atoms with E-state index in [2.05, 4.69) is 6.92 Å². The fourth-order valence-electron chi connectivity index (χ4n) is 3.24. The van der Waals surface area contributed by atoms with Gasteiger partial charge >= 0.3 is 17.9 Å². The first kappa shape index (κ1) is 30.3. The molecule has 8 nitrogen and oxygen atoms in total. The van der Waals surface area contributed by atoms with E-state index in [0.717, 1.165) is 32.1 Å². The fraction of sp³-hybridized carbons (Fsp3) is 0.875. The zero-order chi connectivity index (χ0) is 24.4. The van der Waals surface area contributed by atoms with Crippen LogP contribution in [0.25, 0.3) is 0 Å². The van der Waals surface area contributed by atoms with Crippen molar-refractivity contribution in [2.24, 2.45) is 0 Å². The maximum atomic E-state index is 12.2. The minimum atomic E-state index is -0.882. The Morgan fingerprint density at radius 1 is 0.812 bits per heavy atom. The highest BCUT2D eigenvalue weighted by Crippen LogP contribution is 2.11. The molecule has 1 N–H and O–H groups in total. The highest BCUT2D eigenvalue weighted by atomic mass is 16.6. The zero-order valence-corrected chi connectivity index (χ0v) is 20.9. The number of ether oxygens (including phenoxy) is 3. The molecule has 0 aliphatic carbocycles. The van der Waals surface area contributed by atoms with E-state index in [9.17, 15) is 19.5 Å². The summed E-state index contributed by atoms with van der Waals surface area (Å²) in [4.78, 5) is 35.5. The summed E-state index contributed by atoms with van der Waals surface area (Å²) in [7, 11) is 5.46. The number of likely N-dealkylation sites (N-methyl/N-ethyl adjacent to an activating group) is 1. The maximum Gasteiger partial charge on any atom is 0.362 e. The molecule has 0 aromatic rings. The molecule has 0 heterocycles. The minimum Gasteiger partial charge on any atom is -0.477 e. The molecule has 188 valence electrons. The summed E-state index contributed by atoms with van der Waals surface area (Å²) in [5, 5.41) is 9.40. The Bertz CT molecular complexity index is 531. The van der Waals surface area contributed by atoms with Crippen LogP contribution in [0.3, 0.4) is 0 Å². The van der Waals surface area contributed by atoms with Crippen LogP contribution in [0.15, 0.2) is 0 Å². The third-order valence-electron chi connectivity index (χ3n) is 5.26. The van der Waals surface area contributed by atoms with Gasteiger partial charge in [-0.2, -0.15) is 0 Å². The van der Waals surface area contributed by atoms with Crippen LogP contribution < -0.4 is 0 Å². The molecular weight excluding hydrogens is 414 g/mol. The third-order valence-corrected chi connectivity index (χ3v) is 5.26. The molecule has 0 saturated carbocycles. The summed E-state index contributed by atoms with van der Waals surface area (Å²) in [5.41, 5.74) is 0. The number of rotatable bonds is 20. The lowest BCUT2D eigenvalue weighted by molar-refractivity contribution is -0.887. The molecule has 0 bridgehead atoms. The van der Waals surface area contributed by atoms with Gasteiger partial charge in [-0.25, -0.2) is 4.79 Å². The summed E-state index contributed by atoms with van der Waals surface area (Å²) >= 11 is 0. The van der Waals surface area contributed by atoms with Gasteiger partial charge in [-0.3, -0.25) is 9.59 Å². The normalized spacial score (nSPS) is 13.4. The van der Waals surface area contributed by atoms with Gasteiger partial charge in [0.1, 0.15) is 6.61 Å². The molecule has 0 rings (SSSR count). The van der Waals surface area contributed by atoms with Crippen LogP contribution in [0.2, 0.25) is 0 Å². The van der Waals surface area contributed by atoms with Gasteiger partial charge in [0.05, 0.1) is 34.4 Å². The van der Waals surface area contributed by atoms with Crippen LogP contribution in [0.5, 0.6) is 0 Å². The largest absolute Gasteiger partial charge is 0.477 e. The van der Waals surface area contributed by atoms with E-state index in [0.29, 0.717) is 19.3 Å². The van der Waals surface area contributed by atoms with Crippen LogP contribution in [0.1, 0.15) is 84.5 Å². The Morgan fingerprint density at radius 3 is 2.00 bits per heavy atom. The number of carbonyl (C=O) groups is 3. The summed E-state index contributed by atoms with van der Waals surface area (Å²) in [6.45, 7) is 4.38. The molecule has 0 fully saturated rings. The van der Waals surface area contributed by atoms with Crippen molar-refractivity contribution < 1.29 is 38.2 Å². The molecule has 0 aliphatic heterocycles. The van der Waals surface area contributed by atoms with Crippen molar-refractivity contribution >= 4 is 17.9 Å². The molecule has 0 saturated heterocycles. The van der Waals surface area contributed by atoms with Gasteiger partial charge in [0.2, 0.25) is 0 Å². The van der Waals surface area contributed by atoms with Gasteiger partial charge in [-0.05, 0) is 12.8 Å². The Morgan fingerprint density at radius 2 is 1.41 bits per heavy atom. The average Bonchev–Trinajstić information content (AvgIpc) is 2.71. The highest BCUT2D eigenvalue weighted by molar-refractivity contribution is 5.72. The number of hydrogen-bond acceptors (Lipinski definition) is 6. The van der Waals surface area contributed by atoms with Crippen LogP contribution in [-0.4, -0.2) is 80.6 Å². The monoisotopic (exact) mass is 460 g/mol. The topological polar surface area (TPSA) is 99.1 Å². The van der Waals surface area contributed by atoms with E-state index in [1.165, 1.54) is 19.3 Å². The summed E-state index contributed by atoms with van der Waals surface area (Å²) in [6.07, 6.45) is 8.39. The quantitative estimate of drug-likeness (QED) is 0.167. The van der Waals surface area contributed by atoms with Crippen LogP contribution in [0, 0.1) is 0 Å². The number of unbranched alkanes of at least 4 members (excludes halogenated alkanes) is 6. The summed E-state index contributed by atoms with van der Waals surface area (Å²) in [5.74, 6) is -1.53. The first-order valence-electron chi connectivity index (χ1n) is 12.1. The van der Waals surface area contributed by atoms with Gasteiger partial charge in [0.25, 0.3) is 0 Å². The van der Waals surface area contributed by atoms with Crippen molar-refractivity contribution in [3.8, 4) is 0 Å². The Labute approximate surface area is 194 Å². The average molecular weight is 461 g/mol. The Kier molecular flexibility index (Phi) is 16.9. The van der Waals surface area contributed by atoms with E-state index >= 15 is 0 Å². The summed E-state index contributed by atoms with van der Waals surface area (Å²) in [6, 6.07) is -0.601. The second-order valence-electron chi connectivity index (χ2n) is 9.25. The van der Waals surface area contributed by atoms with Crippen molar-refractivity contribution in [3.63, 3.8) is 0 Å². The van der Waals surface area contributed by atoms with Crippen molar-refractivity contribution in [3.05, 3.63) is 0 Å². The fourth-order valence-corrected chi connectivity index (χ4v) is 3.24. The molecule has 2 unspecified atom stereocenters. The smallest absolute Gasteiger partial charge is 0.362 e. The third kappa shape index (κ3) is 16.0. The lowest BCUT2D eigenvalue weighted by Crippen LogP contribution is -2.50. The molecule has 32 heavy (non-hydrogen) atoms. The molecular formula is C24H46NO7+. The van der Waals surface area contributed by atoms with Gasteiger partial charge in [0.15, 0.2) is 12.1 Å². The van der Waals surface area contributed by atoms with Crippen LogP contribution >= 0.6 is 0 Å². The van der Waals surface area contributed by atoms with Crippen molar-refractivity contribution in [1.82, 2.24) is 0 Å². The predicted molar refractivity (Wildman–Crippen MR) is 123 cm³/mol. The van der Waals surface area contributed by atoms with Gasteiger partial charge < -0.3 is 23.8 Å². The molecule has 0 aromatic carbocycles. The predicted octanol–water partition coefficient (Wildman–Crippen LogP) is 3.95. The number of esters is 2. The second-order valence-corrected chi connectivity index (χ2v) is 9.25. The lowest BCUT2D eigenvalue weighted by Gasteiger charge is -2.31. The van der Waals surface area contributed by atoms with Gasteiger partial charge in [-0.15, -0.1) is 0 Å². The van der Waals surface area contributed by atoms with E-state index < -0.39 is 18.1 Å². The van der Waals surface area contributed by atoms with E-state index in [1.807, 2.05) is 28.1 Å². The maximum absolute atomic E-state index is 12.2. The molecule has 0 spiro atoms. The Hall–Kier alpha value is -1.67. The van der Waals surface area contributed by atoms with Crippen molar-refractivity contribution in [2.45, 2.75) is 96.6 Å². The first-order valence-corrected chi connectivity index (χ1v) is 12.1. The molecule has 0 radical (unpaired) electrons. The number of hydrogen-bond donors (Lipinski definition) is 1. The number of aliphatic carboxylic acids is 1. The summed E-state index contributed by atoms with van der Waals surface area (Å²) < 4.78 is 16.6. The lowest BCUT2D eigenvalue weighted by atomic mass is 10.1. The number of carbonyl (C=O) groups excluding carboxylic acids is 2. The van der Waals surface area contributed by atoms with E-state index in [1.54, 1.807) is 0 Å². The van der Waals surface area contributed by atoms with Crippen LogP contribution in [0.4, 0.5) is 0 Å². The number of nitrogens with zero attached hydrogens (tertiary/aromatic N) is 1. The molecule has 8 heteroatoms. The molecule has 0 aromatic heterocycles. The van der Waals surface area contributed by atoms with E-state index in [-0.39, 0.29) is 36.2 Å². The zero-order valence-electron chi connectivity index (χ0n) is 20.9. The van der Waals surface area contributed by atoms with Crippen molar-refractivity contribution in [2.75, 3.05) is 41.0 Å². The van der Waals surface area contributed by atoms with Crippen molar-refractivity contribution in [1.29, 1.82) is 0 Å². The molecule has 2 atom stereocenters. The number of carboxylic acid groups (broad SMARTS) is 1. The van der Waals surface area contributed by atoms with Crippen LogP contribution in [-0.2, 0) is 28.6 Å². The SMILES string of the molecule is CCCCCCCCC(=O)OC(COCCC(C(=O)O)[N+](C)(C)C)COC(=O)CCCC. The number of carboxylic acids is 1. The highest BCUT2D eigenvalue weighted by Gasteiger charge is 2.31. The molecule has 0 amide bonds.